The largest absolute Gasteiger partial charge is 0.475 e. The van der Waals surface area contributed by atoms with Gasteiger partial charge in [-0.1, -0.05) is 61.2 Å². The van der Waals surface area contributed by atoms with Crippen LogP contribution in [0.2, 0.25) is 0 Å². The molecule has 4 rings (SSSR count). The van der Waals surface area contributed by atoms with Gasteiger partial charge in [0.25, 0.3) is 0 Å². The van der Waals surface area contributed by atoms with Crippen molar-refractivity contribution in [3.8, 4) is 0 Å². The van der Waals surface area contributed by atoms with E-state index in [0.717, 1.165) is 11.1 Å². The number of rotatable bonds is 14. The molecule has 12 nitrogen and oxygen atoms in total. The van der Waals surface area contributed by atoms with Crippen molar-refractivity contribution < 1.29 is 28.7 Å². The quantitative estimate of drug-likeness (QED) is 0.164. The summed E-state index contributed by atoms with van der Waals surface area (Å²) in [6.07, 6.45) is 4.66. The fourth-order valence-electron chi connectivity index (χ4n) is 4.16. The van der Waals surface area contributed by atoms with Gasteiger partial charge in [-0.05, 0) is 17.7 Å². The lowest BCUT2D eigenvalue weighted by atomic mass is 10.0. The number of aromatic amines is 1. The van der Waals surface area contributed by atoms with Crippen LogP contribution in [0, 0.1) is 0 Å². The molecule has 0 bridgehead atoms. The minimum absolute atomic E-state index is 0.0268. The molecule has 0 radical (unpaired) electrons. The van der Waals surface area contributed by atoms with Crippen LogP contribution < -0.4 is 16.0 Å². The molecule has 218 valence electrons. The summed E-state index contributed by atoms with van der Waals surface area (Å²) >= 11 is 0. The van der Waals surface area contributed by atoms with Crippen molar-refractivity contribution in [3.05, 3.63) is 103 Å². The zero-order valence-electron chi connectivity index (χ0n) is 22.8. The van der Waals surface area contributed by atoms with Gasteiger partial charge in [-0.25, -0.2) is 14.8 Å². The van der Waals surface area contributed by atoms with Crippen LogP contribution in [0.5, 0.6) is 0 Å². The SMILES string of the molecule is C=CCOC(=O)[C@H](Cc1cnc[nH]1)NC(=O)[C@H](Cc1ccccc1)NC(=O)CNC(=O)C1COC(c2ccccc2)=N1. The maximum atomic E-state index is 13.4. The van der Waals surface area contributed by atoms with Crippen LogP contribution >= 0.6 is 0 Å². The molecule has 12 heteroatoms. The number of H-pyrrole nitrogens is 1. The first kappa shape index (κ1) is 29.7. The molecule has 3 aromatic rings. The molecule has 42 heavy (non-hydrogen) atoms. The summed E-state index contributed by atoms with van der Waals surface area (Å²) in [5.41, 5.74) is 2.14. The predicted molar refractivity (Wildman–Crippen MR) is 153 cm³/mol. The molecule has 0 saturated heterocycles. The summed E-state index contributed by atoms with van der Waals surface area (Å²) in [6.45, 7) is 3.18. The summed E-state index contributed by atoms with van der Waals surface area (Å²) < 4.78 is 10.7. The van der Waals surface area contributed by atoms with E-state index in [1.165, 1.54) is 18.6 Å². The monoisotopic (exact) mass is 572 g/mol. The lowest BCUT2D eigenvalue weighted by Crippen LogP contribution is -2.55. The number of ether oxygens (including phenoxy) is 2. The highest BCUT2D eigenvalue weighted by molar-refractivity contribution is 5.99. The molecule has 2 aromatic carbocycles. The number of aliphatic imine (C=N–C) groups is 1. The Kier molecular flexibility index (Phi) is 10.6. The van der Waals surface area contributed by atoms with Gasteiger partial charge in [0.2, 0.25) is 23.6 Å². The molecule has 1 unspecified atom stereocenters. The van der Waals surface area contributed by atoms with Crippen LogP contribution in [-0.2, 0) is 41.5 Å². The maximum Gasteiger partial charge on any atom is 0.329 e. The maximum absolute atomic E-state index is 13.4. The molecule has 3 amide bonds. The third-order valence-electron chi connectivity index (χ3n) is 6.26. The van der Waals surface area contributed by atoms with Gasteiger partial charge in [0.1, 0.15) is 25.3 Å². The number of imidazole rings is 1. The van der Waals surface area contributed by atoms with Crippen molar-refractivity contribution in [2.45, 2.75) is 31.0 Å². The lowest BCUT2D eigenvalue weighted by Gasteiger charge is -2.23. The number of hydrogen-bond acceptors (Lipinski definition) is 8. The molecule has 1 aliphatic heterocycles. The summed E-state index contributed by atoms with van der Waals surface area (Å²) in [4.78, 5) is 62.8. The van der Waals surface area contributed by atoms with Gasteiger partial charge in [0.05, 0.1) is 12.9 Å². The number of carbonyl (C=O) groups is 4. The van der Waals surface area contributed by atoms with E-state index in [0.29, 0.717) is 11.6 Å². The third kappa shape index (κ3) is 8.62. The van der Waals surface area contributed by atoms with Gasteiger partial charge in [-0.15, -0.1) is 0 Å². The molecule has 1 aromatic heterocycles. The average molecular weight is 573 g/mol. The van der Waals surface area contributed by atoms with Crippen LogP contribution in [0.15, 0.2) is 90.8 Å². The van der Waals surface area contributed by atoms with E-state index in [2.05, 4.69) is 37.5 Å². The van der Waals surface area contributed by atoms with Crippen LogP contribution in [-0.4, -0.2) is 77.4 Å². The smallest absolute Gasteiger partial charge is 0.329 e. The minimum atomic E-state index is -1.05. The van der Waals surface area contributed by atoms with Gasteiger partial charge in [-0.2, -0.15) is 0 Å². The second-order valence-corrected chi connectivity index (χ2v) is 9.42. The Hall–Kier alpha value is -5.26. The number of nitrogens with one attached hydrogen (secondary N) is 4. The first-order valence-corrected chi connectivity index (χ1v) is 13.3. The van der Waals surface area contributed by atoms with Crippen molar-refractivity contribution >= 4 is 29.6 Å². The van der Waals surface area contributed by atoms with E-state index in [9.17, 15) is 19.2 Å². The zero-order valence-corrected chi connectivity index (χ0v) is 22.8. The van der Waals surface area contributed by atoms with Gasteiger partial charge in [-0.3, -0.25) is 14.4 Å². The van der Waals surface area contributed by atoms with Crippen molar-refractivity contribution in [1.29, 1.82) is 0 Å². The third-order valence-corrected chi connectivity index (χ3v) is 6.26. The molecule has 3 atom stereocenters. The molecule has 1 aliphatic rings. The standard InChI is InChI=1S/C30H32N6O6/c1-2-13-41-30(40)24(15-22-16-31-19-33-22)35-28(39)23(14-20-9-5-3-6-10-20)34-26(37)17-32-27(38)25-18-42-29(36-25)21-11-7-4-8-12-21/h2-12,16,19,23-25H,1,13-15,17-18H2,(H,31,33)(H,32,38)(H,34,37)(H,35,39)/t23-,24-,25?/m0/s1. The Morgan fingerprint density at radius 3 is 2.45 bits per heavy atom. The lowest BCUT2D eigenvalue weighted by molar-refractivity contribution is -0.147. The first-order chi connectivity index (χ1) is 20.4. The van der Waals surface area contributed by atoms with Crippen molar-refractivity contribution in [2.24, 2.45) is 4.99 Å². The molecule has 0 spiro atoms. The number of benzene rings is 2. The highest BCUT2D eigenvalue weighted by Gasteiger charge is 2.30. The van der Waals surface area contributed by atoms with E-state index in [1.807, 2.05) is 60.7 Å². The van der Waals surface area contributed by atoms with E-state index in [4.69, 9.17) is 9.47 Å². The second kappa shape index (κ2) is 14.9. The van der Waals surface area contributed by atoms with Crippen LogP contribution in [0.25, 0.3) is 0 Å². The highest BCUT2D eigenvalue weighted by Crippen LogP contribution is 2.12. The number of hydrogen-bond donors (Lipinski definition) is 4. The van der Waals surface area contributed by atoms with Crippen molar-refractivity contribution in [3.63, 3.8) is 0 Å². The number of aromatic nitrogens is 2. The van der Waals surface area contributed by atoms with E-state index < -0.39 is 41.8 Å². The highest BCUT2D eigenvalue weighted by atomic mass is 16.5. The Labute approximate surface area is 242 Å². The molecule has 2 heterocycles. The van der Waals surface area contributed by atoms with Gasteiger partial charge in [0, 0.05) is 30.3 Å². The predicted octanol–water partition coefficient (Wildman–Crippen LogP) is 0.856. The van der Waals surface area contributed by atoms with Crippen LogP contribution in [0.3, 0.4) is 0 Å². The zero-order chi connectivity index (χ0) is 29.7. The number of nitrogens with zero attached hydrogens (tertiary/aromatic N) is 2. The Balaban J connectivity index is 1.39. The van der Waals surface area contributed by atoms with Gasteiger partial charge >= 0.3 is 5.97 Å². The van der Waals surface area contributed by atoms with E-state index in [-0.39, 0.29) is 32.6 Å². The van der Waals surface area contributed by atoms with Crippen LogP contribution in [0.1, 0.15) is 16.8 Å². The van der Waals surface area contributed by atoms with Gasteiger partial charge < -0.3 is 30.4 Å². The topological polar surface area (TPSA) is 164 Å². The molecular formula is C30H32N6O6. The Morgan fingerprint density at radius 1 is 1.02 bits per heavy atom. The first-order valence-electron chi connectivity index (χ1n) is 13.3. The Bertz CT molecular complexity index is 1390. The fraction of sp³-hybridized carbons (Fsp3) is 0.267. The molecule has 4 N–H and O–H groups in total. The number of esters is 1. The van der Waals surface area contributed by atoms with Gasteiger partial charge in [0.15, 0.2) is 6.04 Å². The molecular weight excluding hydrogens is 540 g/mol. The fourth-order valence-corrected chi connectivity index (χ4v) is 4.16. The summed E-state index contributed by atoms with van der Waals surface area (Å²) in [5.74, 6) is -1.98. The number of amides is 3. The van der Waals surface area contributed by atoms with Crippen molar-refractivity contribution in [1.82, 2.24) is 25.9 Å². The molecule has 0 saturated carbocycles. The summed E-state index contributed by atoms with van der Waals surface area (Å²) in [7, 11) is 0. The Morgan fingerprint density at radius 2 is 1.76 bits per heavy atom. The number of carbonyl (C=O) groups excluding carboxylic acids is 4. The normalized spacial score (nSPS) is 15.3. The molecule has 0 fully saturated rings. The molecule has 0 aliphatic carbocycles. The van der Waals surface area contributed by atoms with E-state index in [1.54, 1.807) is 0 Å². The minimum Gasteiger partial charge on any atom is -0.475 e. The van der Waals surface area contributed by atoms with Crippen LogP contribution in [0.4, 0.5) is 0 Å². The summed E-state index contributed by atoms with van der Waals surface area (Å²) in [6, 6.07) is 15.4. The van der Waals surface area contributed by atoms with Crippen molar-refractivity contribution in [2.75, 3.05) is 19.8 Å². The second-order valence-electron chi connectivity index (χ2n) is 9.42. The summed E-state index contributed by atoms with van der Waals surface area (Å²) in [5, 5.41) is 7.91. The van der Waals surface area contributed by atoms with E-state index >= 15 is 0 Å². The average Bonchev–Trinajstić information content (AvgIpc) is 3.72.